The third-order valence-corrected chi connectivity index (χ3v) is 4.42. The maximum absolute atomic E-state index is 12.2. The molecule has 1 N–H and O–H groups in total. The van der Waals surface area contributed by atoms with E-state index in [4.69, 9.17) is 0 Å². The molecule has 24 heavy (non-hydrogen) atoms. The molecule has 3 rings (SSSR count). The Balaban J connectivity index is 1.61. The summed E-state index contributed by atoms with van der Waals surface area (Å²) >= 11 is 0. The third-order valence-electron chi connectivity index (χ3n) is 4.42. The lowest BCUT2D eigenvalue weighted by atomic mass is 9.98. The highest BCUT2D eigenvalue weighted by atomic mass is 16.6. The van der Waals surface area contributed by atoms with E-state index in [0.717, 1.165) is 12.8 Å². The van der Waals surface area contributed by atoms with Crippen LogP contribution in [0.5, 0.6) is 0 Å². The second-order valence-electron chi connectivity index (χ2n) is 6.06. The first-order valence-electron chi connectivity index (χ1n) is 8.13. The molecule has 1 amide bonds. The summed E-state index contributed by atoms with van der Waals surface area (Å²) in [6.45, 7) is 2.70. The lowest BCUT2D eigenvalue weighted by molar-refractivity contribution is -0.385. The Kier molecular flexibility index (Phi) is 4.59. The average molecular weight is 328 g/mol. The van der Waals surface area contributed by atoms with Crippen LogP contribution in [0.25, 0.3) is 0 Å². The summed E-state index contributed by atoms with van der Waals surface area (Å²) in [6.07, 6.45) is 6.42. The van der Waals surface area contributed by atoms with Crippen molar-refractivity contribution in [2.24, 2.45) is 0 Å². The Morgan fingerprint density at radius 3 is 2.96 bits per heavy atom. The van der Waals surface area contributed by atoms with Gasteiger partial charge in [-0.05, 0) is 44.2 Å². The topological polar surface area (TPSA) is 90.1 Å². The van der Waals surface area contributed by atoms with Crippen molar-refractivity contribution in [3.63, 3.8) is 0 Å². The summed E-state index contributed by atoms with van der Waals surface area (Å²) in [5, 5.41) is 18.2. The molecule has 0 saturated heterocycles. The Bertz CT molecular complexity index is 782. The minimum absolute atomic E-state index is 0.0382. The number of benzene rings is 1. The number of nitrogens with zero attached hydrogens (tertiary/aromatic N) is 3. The number of hydrogen-bond acceptors (Lipinski definition) is 4. The highest BCUT2D eigenvalue weighted by molar-refractivity contribution is 5.94. The molecule has 7 nitrogen and oxygen atoms in total. The minimum atomic E-state index is -0.470. The fourth-order valence-corrected chi connectivity index (χ4v) is 3.07. The number of nitrogens with one attached hydrogen (secondary N) is 1. The van der Waals surface area contributed by atoms with Gasteiger partial charge in [0, 0.05) is 29.4 Å². The van der Waals surface area contributed by atoms with Crippen molar-refractivity contribution in [3.8, 4) is 0 Å². The van der Waals surface area contributed by atoms with Gasteiger partial charge in [0.2, 0.25) is 0 Å². The summed E-state index contributed by atoms with van der Waals surface area (Å²) < 4.78 is 1.95. The zero-order chi connectivity index (χ0) is 17.1. The van der Waals surface area contributed by atoms with E-state index in [1.54, 1.807) is 19.1 Å². The van der Waals surface area contributed by atoms with Crippen molar-refractivity contribution in [1.82, 2.24) is 15.1 Å². The van der Waals surface area contributed by atoms with Gasteiger partial charge in [-0.15, -0.1) is 0 Å². The van der Waals surface area contributed by atoms with Gasteiger partial charge in [0.05, 0.1) is 17.7 Å². The van der Waals surface area contributed by atoms with Crippen LogP contribution in [0, 0.1) is 17.0 Å². The van der Waals surface area contributed by atoms with Gasteiger partial charge in [-0.3, -0.25) is 19.6 Å². The lowest BCUT2D eigenvalue weighted by Crippen LogP contribution is -2.28. The SMILES string of the molecule is Cc1ccc(C(=O)NCCn2ncc3c2CCCC3)cc1[N+](=O)[O-]. The molecule has 7 heteroatoms. The standard InChI is InChI=1S/C17H20N4O3/c1-12-6-7-13(10-16(12)21(23)24)17(22)18-8-9-20-15-5-3-2-4-14(15)11-19-20/h6-7,10-11H,2-5,8-9H2,1H3,(H,18,22). The molecule has 0 radical (unpaired) electrons. The van der Waals surface area contributed by atoms with Crippen LogP contribution in [-0.4, -0.2) is 27.2 Å². The number of aryl methyl sites for hydroxylation is 2. The molecular weight excluding hydrogens is 308 g/mol. The fourth-order valence-electron chi connectivity index (χ4n) is 3.07. The van der Waals surface area contributed by atoms with Crippen molar-refractivity contribution in [2.45, 2.75) is 39.2 Å². The molecule has 0 saturated carbocycles. The van der Waals surface area contributed by atoms with Crippen molar-refractivity contribution >= 4 is 11.6 Å². The van der Waals surface area contributed by atoms with Crippen LogP contribution in [-0.2, 0) is 19.4 Å². The maximum Gasteiger partial charge on any atom is 0.273 e. The number of nitro benzene ring substituents is 1. The van der Waals surface area contributed by atoms with E-state index in [2.05, 4.69) is 10.4 Å². The lowest BCUT2D eigenvalue weighted by Gasteiger charge is -2.14. The molecule has 2 aromatic rings. The van der Waals surface area contributed by atoms with Gasteiger partial charge in [-0.1, -0.05) is 6.07 Å². The van der Waals surface area contributed by atoms with E-state index in [-0.39, 0.29) is 11.6 Å². The molecule has 0 unspecified atom stereocenters. The molecule has 0 bridgehead atoms. The predicted octanol–water partition coefficient (Wildman–Crippen LogP) is 2.41. The van der Waals surface area contributed by atoms with Crippen molar-refractivity contribution < 1.29 is 9.72 Å². The van der Waals surface area contributed by atoms with Crippen LogP contribution in [0.15, 0.2) is 24.4 Å². The van der Waals surface area contributed by atoms with Crippen LogP contribution in [0.1, 0.15) is 40.0 Å². The molecule has 1 aliphatic carbocycles. The zero-order valence-corrected chi connectivity index (χ0v) is 13.6. The Morgan fingerprint density at radius 1 is 1.38 bits per heavy atom. The number of amides is 1. The van der Waals surface area contributed by atoms with E-state index < -0.39 is 4.92 Å². The van der Waals surface area contributed by atoms with Gasteiger partial charge in [0.15, 0.2) is 0 Å². The number of carbonyl (C=O) groups is 1. The second-order valence-corrected chi connectivity index (χ2v) is 6.06. The molecule has 0 aliphatic heterocycles. The quantitative estimate of drug-likeness (QED) is 0.674. The van der Waals surface area contributed by atoms with E-state index >= 15 is 0 Å². The van der Waals surface area contributed by atoms with Gasteiger partial charge < -0.3 is 5.32 Å². The highest BCUT2D eigenvalue weighted by Gasteiger charge is 2.16. The van der Waals surface area contributed by atoms with Crippen LogP contribution < -0.4 is 5.32 Å². The number of carbonyl (C=O) groups excluding carboxylic acids is 1. The second kappa shape index (κ2) is 6.82. The molecule has 1 aromatic carbocycles. The number of hydrogen-bond donors (Lipinski definition) is 1. The average Bonchev–Trinajstić information content (AvgIpc) is 2.98. The molecule has 1 aromatic heterocycles. The first-order chi connectivity index (χ1) is 11.6. The van der Waals surface area contributed by atoms with E-state index in [0.29, 0.717) is 24.2 Å². The molecule has 0 spiro atoms. The van der Waals surface area contributed by atoms with Gasteiger partial charge in [-0.25, -0.2) is 0 Å². The van der Waals surface area contributed by atoms with Crippen molar-refractivity contribution in [3.05, 3.63) is 56.9 Å². The van der Waals surface area contributed by atoms with Crippen molar-refractivity contribution in [2.75, 3.05) is 6.54 Å². The third kappa shape index (κ3) is 3.29. The summed E-state index contributed by atoms with van der Waals surface area (Å²) in [4.78, 5) is 22.7. The van der Waals surface area contributed by atoms with E-state index in [1.807, 2.05) is 10.9 Å². The Labute approximate surface area is 139 Å². The molecule has 126 valence electrons. The molecule has 1 aliphatic rings. The number of rotatable bonds is 5. The van der Waals surface area contributed by atoms with E-state index in [1.165, 1.54) is 30.2 Å². The molecule has 1 heterocycles. The van der Waals surface area contributed by atoms with Crippen LogP contribution >= 0.6 is 0 Å². The van der Waals surface area contributed by atoms with Gasteiger partial charge in [-0.2, -0.15) is 5.10 Å². The monoisotopic (exact) mass is 328 g/mol. The Morgan fingerprint density at radius 2 is 2.17 bits per heavy atom. The van der Waals surface area contributed by atoms with Crippen LogP contribution in [0.3, 0.4) is 0 Å². The van der Waals surface area contributed by atoms with Gasteiger partial charge in [0.25, 0.3) is 11.6 Å². The predicted molar refractivity (Wildman–Crippen MR) is 89.0 cm³/mol. The summed E-state index contributed by atoms with van der Waals surface area (Å²) in [6, 6.07) is 4.52. The maximum atomic E-state index is 12.2. The summed E-state index contributed by atoms with van der Waals surface area (Å²) in [5.41, 5.74) is 3.38. The molecule has 0 fully saturated rings. The highest BCUT2D eigenvalue weighted by Crippen LogP contribution is 2.21. The summed E-state index contributed by atoms with van der Waals surface area (Å²) in [5.74, 6) is -0.306. The molecule has 0 atom stereocenters. The van der Waals surface area contributed by atoms with Gasteiger partial charge >= 0.3 is 0 Å². The van der Waals surface area contributed by atoms with Crippen LogP contribution in [0.4, 0.5) is 5.69 Å². The van der Waals surface area contributed by atoms with E-state index in [9.17, 15) is 14.9 Å². The summed E-state index contributed by atoms with van der Waals surface area (Å²) in [7, 11) is 0. The first kappa shape index (κ1) is 16.2. The van der Waals surface area contributed by atoms with Crippen molar-refractivity contribution in [1.29, 1.82) is 0 Å². The smallest absolute Gasteiger partial charge is 0.273 e. The number of nitro groups is 1. The van der Waals surface area contributed by atoms with Crippen LogP contribution in [0.2, 0.25) is 0 Å². The largest absolute Gasteiger partial charge is 0.350 e. The van der Waals surface area contributed by atoms with Gasteiger partial charge in [0.1, 0.15) is 0 Å². The normalized spacial score (nSPS) is 13.4. The number of fused-ring (bicyclic) bond motifs is 1. The molecular formula is C17H20N4O3. The Hall–Kier alpha value is -2.70. The minimum Gasteiger partial charge on any atom is -0.350 e. The number of aromatic nitrogens is 2. The fraction of sp³-hybridized carbons (Fsp3) is 0.412. The zero-order valence-electron chi connectivity index (χ0n) is 13.6. The first-order valence-corrected chi connectivity index (χ1v) is 8.13.